The van der Waals surface area contributed by atoms with Crippen molar-refractivity contribution >= 4 is 21.5 Å². The lowest BCUT2D eigenvalue weighted by Crippen LogP contribution is -2.26. The SMILES string of the molecule is CC(=O)c1ccc(S(=O)(=O)NCCc2ccc(N3CCCC3)cc2)cc1. The number of hydrogen-bond acceptors (Lipinski definition) is 4. The predicted octanol–water partition coefficient (Wildman–Crippen LogP) is 3.01. The van der Waals surface area contributed by atoms with Gasteiger partial charge in [0, 0.05) is 30.9 Å². The molecule has 1 fully saturated rings. The molecule has 1 N–H and O–H groups in total. The first-order valence-corrected chi connectivity index (χ1v) is 10.4. The summed E-state index contributed by atoms with van der Waals surface area (Å²) in [5, 5.41) is 0. The van der Waals surface area contributed by atoms with Crippen molar-refractivity contribution in [1.29, 1.82) is 0 Å². The van der Waals surface area contributed by atoms with Crippen molar-refractivity contribution in [2.75, 3.05) is 24.5 Å². The Bertz CT molecular complexity index is 853. The summed E-state index contributed by atoms with van der Waals surface area (Å²) in [6.45, 7) is 4.01. The number of anilines is 1. The van der Waals surface area contributed by atoms with Gasteiger partial charge in [0.15, 0.2) is 5.78 Å². The second-order valence-corrected chi connectivity index (χ2v) is 8.36. The van der Waals surface area contributed by atoms with E-state index < -0.39 is 10.0 Å². The number of ketones is 1. The Balaban J connectivity index is 1.55. The van der Waals surface area contributed by atoms with E-state index in [-0.39, 0.29) is 10.7 Å². The Kier molecular flexibility index (Phi) is 5.74. The van der Waals surface area contributed by atoms with Gasteiger partial charge in [-0.2, -0.15) is 0 Å². The van der Waals surface area contributed by atoms with E-state index in [0.717, 1.165) is 18.7 Å². The second kappa shape index (κ2) is 8.01. The Hall–Kier alpha value is -2.18. The highest BCUT2D eigenvalue weighted by Gasteiger charge is 2.14. The number of rotatable bonds is 7. The molecule has 0 amide bonds. The molecule has 0 aliphatic carbocycles. The number of nitrogens with one attached hydrogen (secondary N) is 1. The predicted molar refractivity (Wildman–Crippen MR) is 103 cm³/mol. The normalized spacial score (nSPS) is 14.6. The average molecular weight is 372 g/mol. The van der Waals surface area contributed by atoms with Gasteiger partial charge in [-0.1, -0.05) is 24.3 Å². The minimum atomic E-state index is -3.56. The summed E-state index contributed by atoms with van der Waals surface area (Å²) in [7, 11) is -3.56. The number of benzene rings is 2. The molecule has 1 saturated heterocycles. The minimum absolute atomic E-state index is 0.0840. The van der Waals surface area contributed by atoms with Crippen molar-refractivity contribution in [3.63, 3.8) is 0 Å². The van der Waals surface area contributed by atoms with Crippen LogP contribution in [0.15, 0.2) is 53.4 Å². The first kappa shape index (κ1) is 18.6. The van der Waals surface area contributed by atoms with E-state index in [4.69, 9.17) is 0 Å². The summed E-state index contributed by atoms with van der Waals surface area (Å²) in [6.07, 6.45) is 3.12. The molecule has 1 heterocycles. The fraction of sp³-hybridized carbons (Fsp3) is 0.350. The van der Waals surface area contributed by atoms with Crippen LogP contribution in [0.5, 0.6) is 0 Å². The molecule has 0 saturated carbocycles. The zero-order chi connectivity index (χ0) is 18.6. The molecule has 0 radical (unpaired) electrons. The topological polar surface area (TPSA) is 66.5 Å². The van der Waals surface area contributed by atoms with Gasteiger partial charge < -0.3 is 4.90 Å². The fourth-order valence-corrected chi connectivity index (χ4v) is 4.16. The van der Waals surface area contributed by atoms with Crippen molar-refractivity contribution in [2.24, 2.45) is 0 Å². The molecule has 2 aromatic carbocycles. The van der Waals surface area contributed by atoms with Crippen LogP contribution in [-0.2, 0) is 16.4 Å². The van der Waals surface area contributed by atoms with Gasteiger partial charge in [-0.25, -0.2) is 13.1 Å². The van der Waals surface area contributed by atoms with Crippen LogP contribution in [0.1, 0.15) is 35.7 Å². The van der Waals surface area contributed by atoms with Crippen LogP contribution < -0.4 is 9.62 Å². The number of sulfonamides is 1. The van der Waals surface area contributed by atoms with E-state index in [1.54, 1.807) is 0 Å². The van der Waals surface area contributed by atoms with Crippen molar-refractivity contribution in [3.05, 3.63) is 59.7 Å². The van der Waals surface area contributed by atoms with E-state index >= 15 is 0 Å². The van der Waals surface area contributed by atoms with Crippen molar-refractivity contribution in [3.8, 4) is 0 Å². The van der Waals surface area contributed by atoms with Crippen LogP contribution in [0.3, 0.4) is 0 Å². The summed E-state index contributed by atoms with van der Waals surface area (Å²) < 4.78 is 27.3. The van der Waals surface area contributed by atoms with Gasteiger partial charge in [0.05, 0.1) is 4.90 Å². The van der Waals surface area contributed by atoms with Crippen LogP contribution in [0.25, 0.3) is 0 Å². The van der Waals surface area contributed by atoms with Gasteiger partial charge >= 0.3 is 0 Å². The molecule has 26 heavy (non-hydrogen) atoms. The first-order valence-electron chi connectivity index (χ1n) is 8.90. The highest BCUT2D eigenvalue weighted by molar-refractivity contribution is 7.89. The summed E-state index contributed by atoms with van der Waals surface area (Å²) in [5.74, 6) is -0.0840. The third-order valence-electron chi connectivity index (χ3n) is 4.68. The smallest absolute Gasteiger partial charge is 0.240 e. The number of nitrogens with zero attached hydrogens (tertiary/aromatic N) is 1. The Morgan fingerprint density at radius 3 is 2.19 bits per heavy atom. The maximum absolute atomic E-state index is 12.3. The third-order valence-corrected chi connectivity index (χ3v) is 6.16. The lowest BCUT2D eigenvalue weighted by molar-refractivity contribution is 0.101. The zero-order valence-electron chi connectivity index (χ0n) is 14.9. The van der Waals surface area contributed by atoms with Gasteiger partial charge in [0.1, 0.15) is 0 Å². The van der Waals surface area contributed by atoms with E-state index in [2.05, 4.69) is 33.9 Å². The van der Waals surface area contributed by atoms with Gasteiger partial charge in [-0.15, -0.1) is 0 Å². The van der Waals surface area contributed by atoms with Gasteiger partial charge in [0.2, 0.25) is 10.0 Å². The quantitative estimate of drug-likeness (QED) is 0.759. The molecule has 0 spiro atoms. The molecule has 1 aliphatic rings. The third kappa shape index (κ3) is 4.51. The maximum Gasteiger partial charge on any atom is 0.240 e. The number of hydrogen-bond donors (Lipinski definition) is 1. The van der Waals surface area contributed by atoms with Crippen LogP contribution >= 0.6 is 0 Å². The Morgan fingerprint density at radius 1 is 1.00 bits per heavy atom. The molecule has 138 valence electrons. The van der Waals surface area contributed by atoms with E-state index in [9.17, 15) is 13.2 Å². The molecule has 1 aliphatic heterocycles. The fourth-order valence-electron chi connectivity index (χ4n) is 3.13. The highest BCUT2D eigenvalue weighted by atomic mass is 32.2. The molecular weight excluding hydrogens is 348 g/mol. The first-order chi connectivity index (χ1) is 12.5. The van der Waals surface area contributed by atoms with E-state index in [1.807, 2.05) is 0 Å². The van der Waals surface area contributed by atoms with Gasteiger partial charge in [0.25, 0.3) is 0 Å². The number of carbonyl (C=O) groups is 1. The lowest BCUT2D eigenvalue weighted by atomic mass is 10.1. The van der Waals surface area contributed by atoms with Crippen molar-refractivity contribution in [1.82, 2.24) is 4.72 Å². The lowest BCUT2D eigenvalue weighted by Gasteiger charge is -2.17. The van der Waals surface area contributed by atoms with Crippen LogP contribution in [0, 0.1) is 0 Å². The highest BCUT2D eigenvalue weighted by Crippen LogP contribution is 2.20. The summed E-state index contributed by atoms with van der Waals surface area (Å²) in [4.78, 5) is 13.8. The summed E-state index contributed by atoms with van der Waals surface area (Å²) in [6, 6.07) is 14.3. The van der Waals surface area contributed by atoms with E-state index in [1.165, 1.54) is 49.7 Å². The van der Waals surface area contributed by atoms with Crippen molar-refractivity contribution in [2.45, 2.75) is 31.1 Å². The summed E-state index contributed by atoms with van der Waals surface area (Å²) >= 11 is 0. The molecule has 6 heteroatoms. The van der Waals surface area contributed by atoms with E-state index in [0.29, 0.717) is 18.5 Å². The molecule has 0 atom stereocenters. The minimum Gasteiger partial charge on any atom is -0.372 e. The molecule has 3 rings (SSSR count). The molecule has 0 unspecified atom stereocenters. The monoisotopic (exact) mass is 372 g/mol. The largest absolute Gasteiger partial charge is 0.372 e. The second-order valence-electron chi connectivity index (χ2n) is 6.59. The molecular formula is C20H24N2O3S. The van der Waals surface area contributed by atoms with Crippen molar-refractivity contribution < 1.29 is 13.2 Å². The molecule has 5 nitrogen and oxygen atoms in total. The Labute approximate surface area is 155 Å². The number of carbonyl (C=O) groups excluding carboxylic acids is 1. The van der Waals surface area contributed by atoms with Gasteiger partial charge in [-0.3, -0.25) is 4.79 Å². The van der Waals surface area contributed by atoms with Crippen LogP contribution in [0.2, 0.25) is 0 Å². The molecule has 2 aromatic rings. The number of Topliss-reactive ketones (excluding diaryl/α,β-unsaturated/α-hetero) is 1. The van der Waals surface area contributed by atoms with Crippen LogP contribution in [0.4, 0.5) is 5.69 Å². The Morgan fingerprint density at radius 2 is 1.62 bits per heavy atom. The standard InChI is InChI=1S/C20H24N2O3S/c1-16(23)18-6-10-20(11-7-18)26(24,25)21-13-12-17-4-8-19(9-5-17)22-14-2-3-15-22/h4-11,21H,2-3,12-15H2,1H3. The maximum atomic E-state index is 12.3. The average Bonchev–Trinajstić information content (AvgIpc) is 3.17. The summed E-state index contributed by atoms with van der Waals surface area (Å²) in [5.41, 5.74) is 2.84. The zero-order valence-corrected chi connectivity index (χ0v) is 15.8. The molecule has 0 aromatic heterocycles. The van der Waals surface area contributed by atoms with Crippen LogP contribution in [-0.4, -0.2) is 33.8 Å². The van der Waals surface area contributed by atoms with Gasteiger partial charge in [-0.05, 0) is 56.0 Å². The molecule has 0 bridgehead atoms.